The predicted octanol–water partition coefficient (Wildman–Crippen LogP) is 2.64. The number of carbonyl (C=O) groups is 2. The van der Waals surface area contributed by atoms with Gasteiger partial charge in [-0.3, -0.25) is 4.79 Å². The Morgan fingerprint density at radius 2 is 2.06 bits per heavy atom. The van der Waals surface area contributed by atoms with E-state index >= 15 is 0 Å². The smallest absolute Gasteiger partial charge is 0.434 e. The Hall–Kier alpha value is -1.39. The zero-order chi connectivity index (χ0) is 13.1. The van der Waals surface area contributed by atoms with Crippen molar-refractivity contribution in [2.24, 2.45) is 10.9 Å². The van der Waals surface area contributed by atoms with Crippen molar-refractivity contribution in [2.45, 2.75) is 52.1 Å². The molecule has 1 amide bonds. The van der Waals surface area contributed by atoms with Crippen LogP contribution in [0.1, 0.15) is 46.5 Å². The first kappa shape index (κ1) is 13.7. The second-order valence-corrected chi connectivity index (χ2v) is 5.29. The van der Waals surface area contributed by atoms with Gasteiger partial charge in [-0.1, -0.05) is 0 Å². The van der Waals surface area contributed by atoms with Crippen LogP contribution in [0.5, 0.6) is 0 Å². The molecule has 0 aromatic rings. The van der Waals surface area contributed by atoms with E-state index in [4.69, 9.17) is 9.84 Å². The summed E-state index contributed by atoms with van der Waals surface area (Å²) in [6.07, 6.45) is 1.83. The lowest BCUT2D eigenvalue weighted by Gasteiger charge is -2.21. The highest BCUT2D eigenvalue weighted by molar-refractivity contribution is 5.95. The summed E-state index contributed by atoms with van der Waals surface area (Å²) in [5, 5.41) is 8.91. The van der Waals surface area contributed by atoms with Crippen molar-refractivity contribution in [3.05, 3.63) is 0 Å². The van der Waals surface area contributed by atoms with Crippen LogP contribution in [0.2, 0.25) is 0 Å². The largest absolute Gasteiger partial charge is 0.481 e. The third-order valence-corrected chi connectivity index (χ3v) is 2.49. The molecule has 1 atom stereocenters. The molecule has 0 heterocycles. The summed E-state index contributed by atoms with van der Waals surface area (Å²) in [6.45, 7) is 5.31. The van der Waals surface area contributed by atoms with Crippen molar-refractivity contribution in [3.8, 4) is 0 Å². The first-order valence-corrected chi connectivity index (χ1v) is 5.80. The number of amides is 1. The van der Waals surface area contributed by atoms with Crippen LogP contribution in [-0.2, 0) is 9.53 Å². The average molecular weight is 241 g/mol. The molecule has 0 radical (unpaired) electrons. The summed E-state index contributed by atoms with van der Waals surface area (Å²) in [4.78, 5) is 26.1. The van der Waals surface area contributed by atoms with E-state index in [9.17, 15) is 9.59 Å². The van der Waals surface area contributed by atoms with Crippen LogP contribution in [0.25, 0.3) is 0 Å². The summed E-state index contributed by atoms with van der Waals surface area (Å²) < 4.78 is 5.06. The molecule has 1 aliphatic carbocycles. The van der Waals surface area contributed by atoms with Crippen LogP contribution < -0.4 is 0 Å². The second kappa shape index (κ2) is 5.29. The molecule has 1 aliphatic rings. The van der Waals surface area contributed by atoms with Gasteiger partial charge in [0.2, 0.25) is 0 Å². The van der Waals surface area contributed by atoms with Gasteiger partial charge in [0.15, 0.2) is 0 Å². The minimum absolute atomic E-state index is 0.356. The van der Waals surface area contributed by atoms with Crippen molar-refractivity contribution in [1.29, 1.82) is 0 Å². The van der Waals surface area contributed by atoms with Gasteiger partial charge in [0.1, 0.15) is 5.60 Å². The minimum atomic E-state index is -0.818. The number of rotatable bonds is 1. The number of hydrogen-bond acceptors (Lipinski definition) is 3. The van der Waals surface area contributed by atoms with E-state index in [0.29, 0.717) is 25.0 Å². The minimum Gasteiger partial charge on any atom is -0.481 e. The summed E-state index contributed by atoms with van der Waals surface area (Å²) >= 11 is 0. The molecule has 0 spiro atoms. The molecular weight excluding hydrogens is 222 g/mol. The van der Waals surface area contributed by atoms with E-state index in [-0.39, 0.29) is 0 Å². The van der Waals surface area contributed by atoms with Crippen LogP contribution >= 0.6 is 0 Å². The molecule has 96 valence electrons. The molecular formula is C12H19NO4. The van der Waals surface area contributed by atoms with Gasteiger partial charge in [-0.05, 0) is 46.5 Å². The van der Waals surface area contributed by atoms with E-state index < -0.39 is 23.6 Å². The number of carboxylic acids is 1. The number of nitrogens with zero attached hydrogens (tertiary/aromatic N) is 1. The maximum absolute atomic E-state index is 11.4. The lowest BCUT2D eigenvalue weighted by Crippen LogP contribution is -2.25. The van der Waals surface area contributed by atoms with E-state index in [1.165, 1.54) is 0 Å². The molecule has 5 nitrogen and oxygen atoms in total. The van der Waals surface area contributed by atoms with Crippen molar-refractivity contribution >= 4 is 17.8 Å². The van der Waals surface area contributed by atoms with Crippen LogP contribution in [0.15, 0.2) is 4.99 Å². The number of carboxylic acid groups (broad SMARTS) is 1. The first-order valence-electron chi connectivity index (χ1n) is 5.80. The topological polar surface area (TPSA) is 76.0 Å². The van der Waals surface area contributed by atoms with Gasteiger partial charge in [0.05, 0.1) is 5.92 Å². The molecule has 1 fully saturated rings. The Bertz CT molecular complexity index is 341. The van der Waals surface area contributed by atoms with Crippen molar-refractivity contribution in [2.75, 3.05) is 0 Å². The third-order valence-electron chi connectivity index (χ3n) is 2.49. The third kappa shape index (κ3) is 4.97. The molecule has 5 heteroatoms. The van der Waals surface area contributed by atoms with Crippen LogP contribution in [0.3, 0.4) is 0 Å². The standard InChI is InChI=1S/C12H19NO4/c1-12(2,3)17-11(16)13-9-6-4-5-8(7-9)10(14)15/h8H,4-7H2,1-3H3,(H,14,15)/t8-/m0/s1. The molecule has 0 bridgehead atoms. The number of ether oxygens (including phenoxy) is 1. The highest BCUT2D eigenvalue weighted by atomic mass is 16.6. The summed E-state index contributed by atoms with van der Waals surface area (Å²) in [5.41, 5.74) is 0.0695. The Labute approximate surface area is 101 Å². The van der Waals surface area contributed by atoms with Crippen LogP contribution in [-0.4, -0.2) is 28.5 Å². The van der Waals surface area contributed by atoms with Gasteiger partial charge in [-0.25, -0.2) is 4.79 Å². The van der Waals surface area contributed by atoms with Crippen molar-refractivity contribution < 1.29 is 19.4 Å². The lowest BCUT2D eigenvalue weighted by molar-refractivity contribution is -0.141. The molecule has 17 heavy (non-hydrogen) atoms. The number of aliphatic imine (C=N–C) groups is 1. The second-order valence-electron chi connectivity index (χ2n) is 5.29. The summed E-state index contributed by atoms with van der Waals surface area (Å²) in [7, 11) is 0. The fourth-order valence-corrected chi connectivity index (χ4v) is 1.77. The molecule has 0 saturated heterocycles. The molecule has 1 N–H and O–H groups in total. The van der Waals surface area contributed by atoms with Gasteiger partial charge < -0.3 is 9.84 Å². The van der Waals surface area contributed by atoms with E-state index in [2.05, 4.69) is 4.99 Å². The SMILES string of the molecule is CC(C)(C)OC(=O)N=C1CCC[C@H](C(=O)O)C1. The summed E-state index contributed by atoms with van der Waals surface area (Å²) in [5.74, 6) is -1.23. The lowest BCUT2D eigenvalue weighted by atomic mass is 9.88. The Balaban J connectivity index is 2.60. The van der Waals surface area contributed by atoms with Gasteiger partial charge in [-0.15, -0.1) is 0 Å². The highest BCUT2D eigenvalue weighted by Gasteiger charge is 2.25. The zero-order valence-electron chi connectivity index (χ0n) is 10.5. The van der Waals surface area contributed by atoms with E-state index in [1.807, 2.05) is 0 Å². The summed E-state index contributed by atoms with van der Waals surface area (Å²) in [6, 6.07) is 0. The van der Waals surface area contributed by atoms with Crippen LogP contribution in [0.4, 0.5) is 4.79 Å². The normalized spacial score (nSPS) is 23.5. The van der Waals surface area contributed by atoms with Crippen LogP contribution in [0, 0.1) is 5.92 Å². The first-order chi connectivity index (χ1) is 7.78. The average Bonchev–Trinajstić information content (AvgIpc) is 2.14. The molecule has 0 aromatic carbocycles. The molecule has 0 unspecified atom stereocenters. The molecule has 1 rings (SSSR count). The Morgan fingerprint density at radius 1 is 1.41 bits per heavy atom. The van der Waals surface area contributed by atoms with Gasteiger partial charge in [0.25, 0.3) is 0 Å². The van der Waals surface area contributed by atoms with E-state index in [0.717, 1.165) is 6.42 Å². The number of hydrogen-bond donors (Lipinski definition) is 1. The quantitative estimate of drug-likeness (QED) is 0.765. The van der Waals surface area contributed by atoms with Gasteiger partial charge >= 0.3 is 12.1 Å². The fourth-order valence-electron chi connectivity index (χ4n) is 1.77. The van der Waals surface area contributed by atoms with E-state index in [1.54, 1.807) is 20.8 Å². The Kier molecular flexibility index (Phi) is 4.26. The molecule has 1 saturated carbocycles. The molecule has 0 aromatic heterocycles. The fraction of sp³-hybridized carbons (Fsp3) is 0.750. The highest BCUT2D eigenvalue weighted by Crippen LogP contribution is 2.22. The van der Waals surface area contributed by atoms with Crippen molar-refractivity contribution in [1.82, 2.24) is 0 Å². The van der Waals surface area contributed by atoms with Gasteiger partial charge in [-0.2, -0.15) is 4.99 Å². The number of aliphatic carboxylic acids is 1. The Morgan fingerprint density at radius 3 is 2.59 bits per heavy atom. The number of carbonyl (C=O) groups excluding carboxylic acids is 1. The monoisotopic (exact) mass is 241 g/mol. The predicted molar refractivity (Wildman–Crippen MR) is 63.3 cm³/mol. The maximum atomic E-state index is 11.4. The van der Waals surface area contributed by atoms with Gasteiger partial charge in [0, 0.05) is 5.71 Å². The zero-order valence-corrected chi connectivity index (χ0v) is 10.5. The molecule has 0 aliphatic heterocycles. The van der Waals surface area contributed by atoms with Crippen molar-refractivity contribution in [3.63, 3.8) is 0 Å². The maximum Gasteiger partial charge on any atom is 0.434 e.